The van der Waals surface area contributed by atoms with Gasteiger partial charge in [0.05, 0.1) is 26.2 Å². The predicted octanol–water partition coefficient (Wildman–Crippen LogP) is 3.94. The lowest BCUT2D eigenvalue weighted by atomic mass is 10.1. The molecular formula is C18H36NO4+. The molecule has 5 heteroatoms. The van der Waals surface area contributed by atoms with Crippen molar-refractivity contribution in [2.45, 2.75) is 66.2 Å². The molecule has 0 rings (SSSR count). The molecule has 5 nitrogen and oxygen atoms in total. The lowest BCUT2D eigenvalue weighted by molar-refractivity contribution is -0.927. The van der Waals surface area contributed by atoms with Gasteiger partial charge >= 0.3 is 11.9 Å². The third kappa shape index (κ3) is 15.3. The Kier molecular flexibility index (Phi) is 16.1. The monoisotopic (exact) mass is 330 g/mol. The van der Waals surface area contributed by atoms with Crippen molar-refractivity contribution in [3.63, 3.8) is 0 Å². The second kappa shape index (κ2) is 15.5. The van der Waals surface area contributed by atoms with Gasteiger partial charge in [-0.25, -0.2) is 9.59 Å². The van der Waals surface area contributed by atoms with E-state index in [1.807, 2.05) is 0 Å². The highest BCUT2D eigenvalue weighted by molar-refractivity contribution is 5.89. The van der Waals surface area contributed by atoms with Crippen LogP contribution in [-0.2, 0) is 9.59 Å². The van der Waals surface area contributed by atoms with E-state index in [0.29, 0.717) is 12.2 Å². The topological polar surface area (TPSA) is 74.6 Å². The molecule has 0 spiro atoms. The number of hydrogen-bond acceptors (Lipinski definition) is 2. The molecule has 0 atom stereocenters. The quantitative estimate of drug-likeness (QED) is 0.420. The minimum atomic E-state index is -1.26. The lowest BCUT2D eigenvalue weighted by Crippen LogP contribution is -2.49. The first-order valence-corrected chi connectivity index (χ1v) is 8.86. The summed E-state index contributed by atoms with van der Waals surface area (Å²) in [6.45, 7) is 14.9. The van der Waals surface area contributed by atoms with Crippen LogP contribution in [0.3, 0.4) is 0 Å². The third-order valence-electron chi connectivity index (χ3n) is 4.00. The molecule has 2 N–H and O–H groups in total. The fourth-order valence-corrected chi connectivity index (χ4v) is 2.43. The van der Waals surface area contributed by atoms with E-state index in [-0.39, 0.29) is 0 Å². The van der Waals surface area contributed by atoms with Gasteiger partial charge in [-0.3, -0.25) is 0 Å². The summed E-state index contributed by atoms with van der Waals surface area (Å²) in [6.07, 6.45) is 9.36. The Bertz CT molecular complexity index is 302. The molecule has 0 amide bonds. The SMILES string of the molecule is CCCC[N+](CC)(CCCC)CCCC.O=C(O)/C=C/C(=O)O. The Morgan fingerprint density at radius 1 is 0.739 bits per heavy atom. The molecule has 0 aliphatic carbocycles. The summed E-state index contributed by atoms with van der Waals surface area (Å²) in [5.41, 5.74) is 0. The van der Waals surface area contributed by atoms with Crippen LogP contribution in [0.2, 0.25) is 0 Å². The maximum atomic E-state index is 9.55. The summed E-state index contributed by atoms with van der Waals surface area (Å²) in [5, 5.41) is 15.6. The highest BCUT2D eigenvalue weighted by atomic mass is 16.4. The van der Waals surface area contributed by atoms with Crippen LogP contribution in [0.25, 0.3) is 0 Å². The van der Waals surface area contributed by atoms with Gasteiger partial charge in [-0.2, -0.15) is 0 Å². The summed E-state index contributed by atoms with van der Waals surface area (Å²) in [5.74, 6) is -2.51. The van der Waals surface area contributed by atoms with Crippen LogP contribution < -0.4 is 0 Å². The van der Waals surface area contributed by atoms with Gasteiger partial charge < -0.3 is 14.7 Å². The zero-order valence-electron chi connectivity index (χ0n) is 15.4. The summed E-state index contributed by atoms with van der Waals surface area (Å²) in [6, 6.07) is 0. The molecule has 0 fully saturated rings. The van der Waals surface area contributed by atoms with Crippen LogP contribution in [0.1, 0.15) is 66.2 Å². The molecule has 23 heavy (non-hydrogen) atoms. The van der Waals surface area contributed by atoms with Crippen LogP contribution >= 0.6 is 0 Å². The molecule has 0 radical (unpaired) electrons. The van der Waals surface area contributed by atoms with Gasteiger partial charge in [0, 0.05) is 12.2 Å². The minimum absolute atomic E-state index is 0.558. The molecule has 0 aromatic carbocycles. The fourth-order valence-electron chi connectivity index (χ4n) is 2.43. The molecule has 0 unspecified atom stereocenters. The highest BCUT2D eigenvalue weighted by Crippen LogP contribution is 2.14. The number of carboxylic acid groups (broad SMARTS) is 2. The Morgan fingerprint density at radius 3 is 1.22 bits per heavy atom. The molecule has 0 aliphatic heterocycles. The first-order chi connectivity index (χ1) is 10.9. The van der Waals surface area contributed by atoms with Crippen LogP contribution in [0, 0.1) is 0 Å². The molecule has 0 saturated carbocycles. The van der Waals surface area contributed by atoms with E-state index >= 15 is 0 Å². The summed E-state index contributed by atoms with van der Waals surface area (Å²) in [7, 11) is 0. The minimum Gasteiger partial charge on any atom is -0.478 e. The van der Waals surface area contributed by atoms with E-state index in [4.69, 9.17) is 10.2 Å². The molecule has 0 saturated heterocycles. The van der Waals surface area contributed by atoms with E-state index in [1.54, 1.807) is 0 Å². The maximum absolute atomic E-state index is 9.55. The van der Waals surface area contributed by atoms with Gasteiger partial charge in [-0.05, 0) is 26.2 Å². The molecular weight excluding hydrogens is 294 g/mol. The summed E-state index contributed by atoms with van der Waals surface area (Å²) in [4.78, 5) is 19.1. The molecule has 0 aliphatic rings. The first kappa shape index (κ1) is 23.9. The van der Waals surface area contributed by atoms with E-state index in [2.05, 4.69) is 27.7 Å². The van der Waals surface area contributed by atoms with E-state index in [0.717, 1.165) is 0 Å². The summed E-state index contributed by atoms with van der Waals surface area (Å²) < 4.78 is 1.38. The van der Waals surface area contributed by atoms with Crippen LogP contribution in [-0.4, -0.2) is 52.8 Å². The van der Waals surface area contributed by atoms with Crippen molar-refractivity contribution >= 4 is 11.9 Å². The average molecular weight is 330 g/mol. The van der Waals surface area contributed by atoms with Crippen molar-refractivity contribution < 1.29 is 24.3 Å². The Hall–Kier alpha value is -1.36. The molecule has 0 heterocycles. The van der Waals surface area contributed by atoms with Crippen molar-refractivity contribution in [3.05, 3.63) is 12.2 Å². The normalized spacial score (nSPS) is 11.1. The second-order valence-electron chi connectivity index (χ2n) is 5.90. The smallest absolute Gasteiger partial charge is 0.328 e. The van der Waals surface area contributed by atoms with Gasteiger partial charge in [0.2, 0.25) is 0 Å². The van der Waals surface area contributed by atoms with E-state index < -0.39 is 11.9 Å². The lowest BCUT2D eigenvalue weighted by Gasteiger charge is -2.38. The van der Waals surface area contributed by atoms with Gasteiger partial charge in [0.15, 0.2) is 0 Å². The second-order valence-corrected chi connectivity index (χ2v) is 5.90. The Morgan fingerprint density at radius 2 is 1.04 bits per heavy atom. The van der Waals surface area contributed by atoms with E-state index in [1.165, 1.54) is 69.2 Å². The number of hydrogen-bond donors (Lipinski definition) is 2. The largest absolute Gasteiger partial charge is 0.478 e. The molecule has 0 aromatic heterocycles. The zero-order chi connectivity index (χ0) is 18.1. The number of nitrogens with zero attached hydrogens (tertiary/aromatic N) is 1. The Labute approximate surface area is 141 Å². The van der Waals surface area contributed by atoms with Crippen molar-refractivity contribution in [1.29, 1.82) is 0 Å². The average Bonchev–Trinajstić information content (AvgIpc) is 2.53. The van der Waals surface area contributed by atoms with Crippen LogP contribution in [0.5, 0.6) is 0 Å². The number of rotatable bonds is 12. The number of quaternary nitrogens is 1. The number of aliphatic carboxylic acids is 2. The van der Waals surface area contributed by atoms with E-state index in [9.17, 15) is 9.59 Å². The number of carbonyl (C=O) groups is 2. The zero-order valence-corrected chi connectivity index (χ0v) is 15.4. The maximum Gasteiger partial charge on any atom is 0.328 e. The molecule has 0 aromatic rings. The van der Waals surface area contributed by atoms with Gasteiger partial charge in [0.25, 0.3) is 0 Å². The summed E-state index contributed by atoms with van der Waals surface area (Å²) >= 11 is 0. The predicted molar refractivity (Wildman–Crippen MR) is 94.5 cm³/mol. The number of unbranched alkanes of at least 4 members (excludes halogenated alkanes) is 3. The van der Waals surface area contributed by atoms with Gasteiger partial charge in [-0.1, -0.05) is 40.0 Å². The third-order valence-corrected chi connectivity index (χ3v) is 4.00. The standard InChI is InChI=1S/C14H32N.C4H4O4/c1-5-9-12-15(8-4,13-10-6-2)14-11-7-3;5-3(6)1-2-4(7)8/h5-14H2,1-4H3;1-2H,(H,5,6)(H,7,8)/q+1;/b;2-1+. The van der Waals surface area contributed by atoms with Crippen molar-refractivity contribution in [2.75, 3.05) is 26.2 Å². The van der Waals surface area contributed by atoms with Crippen LogP contribution in [0.4, 0.5) is 0 Å². The van der Waals surface area contributed by atoms with Crippen molar-refractivity contribution in [2.24, 2.45) is 0 Å². The van der Waals surface area contributed by atoms with Crippen LogP contribution in [0.15, 0.2) is 12.2 Å². The van der Waals surface area contributed by atoms with Crippen molar-refractivity contribution in [1.82, 2.24) is 0 Å². The Balaban J connectivity index is 0. The highest BCUT2D eigenvalue weighted by Gasteiger charge is 2.22. The number of carboxylic acids is 2. The first-order valence-electron chi connectivity index (χ1n) is 8.86. The molecule has 136 valence electrons. The molecule has 0 bridgehead atoms. The fraction of sp³-hybridized carbons (Fsp3) is 0.778. The van der Waals surface area contributed by atoms with Gasteiger partial charge in [-0.15, -0.1) is 0 Å². The van der Waals surface area contributed by atoms with Gasteiger partial charge in [0.1, 0.15) is 0 Å². The van der Waals surface area contributed by atoms with Crippen molar-refractivity contribution in [3.8, 4) is 0 Å².